The van der Waals surface area contributed by atoms with Crippen molar-refractivity contribution in [2.75, 3.05) is 31.6 Å². The Morgan fingerprint density at radius 1 is 1.32 bits per heavy atom. The molecule has 2 heterocycles. The lowest BCUT2D eigenvalue weighted by Crippen LogP contribution is -2.47. The molecule has 22 heavy (non-hydrogen) atoms. The first-order chi connectivity index (χ1) is 10.7. The van der Waals surface area contributed by atoms with Gasteiger partial charge < -0.3 is 9.80 Å². The van der Waals surface area contributed by atoms with E-state index in [1.54, 1.807) is 11.3 Å². The van der Waals surface area contributed by atoms with Gasteiger partial charge in [0.15, 0.2) is 0 Å². The summed E-state index contributed by atoms with van der Waals surface area (Å²) in [6.07, 6.45) is 3.71. The van der Waals surface area contributed by atoms with Crippen LogP contribution in [0.25, 0.3) is 0 Å². The van der Waals surface area contributed by atoms with Gasteiger partial charge in [0, 0.05) is 36.2 Å². The average molecular weight is 315 g/mol. The molecular formula is C18H25N3S. The lowest BCUT2D eigenvalue weighted by atomic mass is 10.0. The first kappa shape index (κ1) is 15.5. The van der Waals surface area contributed by atoms with Gasteiger partial charge in [-0.2, -0.15) is 0 Å². The maximum atomic E-state index is 4.35. The third-order valence-electron chi connectivity index (χ3n) is 4.68. The number of benzene rings is 1. The van der Waals surface area contributed by atoms with Gasteiger partial charge in [0.2, 0.25) is 0 Å². The van der Waals surface area contributed by atoms with Crippen molar-refractivity contribution in [2.24, 2.45) is 0 Å². The number of piperidine rings is 1. The van der Waals surface area contributed by atoms with Crippen LogP contribution >= 0.6 is 11.3 Å². The molecule has 0 bridgehead atoms. The van der Waals surface area contributed by atoms with Crippen LogP contribution in [0.15, 0.2) is 35.8 Å². The largest absolute Gasteiger partial charge is 0.370 e. The molecule has 1 aromatic carbocycles. The van der Waals surface area contributed by atoms with E-state index in [0.29, 0.717) is 6.04 Å². The number of rotatable bonds is 5. The normalized spacial score (nSPS) is 18.9. The summed E-state index contributed by atoms with van der Waals surface area (Å²) in [7, 11) is 2.27. The summed E-state index contributed by atoms with van der Waals surface area (Å²) in [5, 5.41) is 0. The van der Waals surface area contributed by atoms with Gasteiger partial charge in [0.05, 0.1) is 11.2 Å². The average Bonchev–Trinajstić information content (AvgIpc) is 2.99. The van der Waals surface area contributed by atoms with Crippen molar-refractivity contribution in [3.63, 3.8) is 0 Å². The molecule has 1 aromatic heterocycles. The number of thiazole rings is 1. The summed E-state index contributed by atoms with van der Waals surface area (Å²) >= 11 is 1.79. The maximum Gasteiger partial charge on any atom is 0.0797 e. The van der Waals surface area contributed by atoms with E-state index in [4.69, 9.17) is 0 Å². The van der Waals surface area contributed by atoms with E-state index in [1.807, 2.05) is 5.51 Å². The van der Waals surface area contributed by atoms with Gasteiger partial charge >= 0.3 is 0 Å². The van der Waals surface area contributed by atoms with E-state index < -0.39 is 0 Å². The molecule has 0 N–H and O–H groups in total. The van der Waals surface area contributed by atoms with Gasteiger partial charge in [0.1, 0.15) is 0 Å². The summed E-state index contributed by atoms with van der Waals surface area (Å²) in [5.74, 6) is 0. The molecule has 0 spiro atoms. The SMILES string of the molecule is Cc1ncsc1CCN(C)[C@@H]1CCCN(c2ccccc2)C1. The highest BCUT2D eigenvalue weighted by atomic mass is 32.1. The fraction of sp³-hybridized carbons (Fsp3) is 0.500. The van der Waals surface area contributed by atoms with Gasteiger partial charge in [-0.25, -0.2) is 4.98 Å². The minimum atomic E-state index is 0.655. The molecule has 3 nitrogen and oxygen atoms in total. The lowest BCUT2D eigenvalue weighted by molar-refractivity contribution is 0.218. The van der Waals surface area contributed by atoms with Crippen LogP contribution in [0.1, 0.15) is 23.4 Å². The number of para-hydroxylation sites is 1. The Bertz CT molecular complexity index is 581. The molecule has 118 valence electrons. The number of hydrogen-bond donors (Lipinski definition) is 0. The minimum Gasteiger partial charge on any atom is -0.370 e. The molecule has 1 fully saturated rings. The van der Waals surface area contributed by atoms with E-state index in [1.165, 1.54) is 35.6 Å². The van der Waals surface area contributed by atoms with Gasteiger partial charge in [0.25, 0.3) is 0 Å². The predicted molar refractivity (Wildman–Crippen MR) is 94.9 cm³/mol. The number of nitrogens with zero attached hydrogens (tertiary/aromatic N) is 3. The van der Waals surface area contributed by atoms with Crippen molar-refractivity contribution in [1.82, 2.24) is 9.88 Å². The Kier molecular flexibility index (Phi) is 5.11. The van der Waals surface area contributed by atoms with Crippen molar-refractivity contribution in [1.29, 1.82) is 0 Å². The van der Waals surface area contributed by atoms with Crippen molar-refractivity contribution >= 4 is 17.0 Å². The van der Waals surface area contributed by atoms with Crippen molar-refractivity contribution in [3.8, 4) is 0 Å². The maximum absolute atomic E-state index is 4.35. The molecule has 1 aliphatic rings. The van der Waals surface area contributed by atoms with Crippen LogP contribution < -0.4 is 4.90 Å². The molecule has 0 radical (unpaired) electrons. The zero-order valence-electron chi connectivity index (χ0n) is 13.5. The first-order valence-corrected chi connectivity index (χ1v) is 9.01. The summed E-state index contributed by atoms with van der Waals surface area (Å²) in [6, 6.07) is 11.5. The summed E-state index contributed by atoms with van der Waals surface area (Å²) in [5.41, 5.74) is 4.52. The summed E-state index contributed by atoms with van der Waals surface area (Å²) in [6.45, 7) is 5.56. The van der Waals surface area contributed by atoms with Crippen LogP contribution in [0.3, 0.4) is 0 Å². The fourth-order valence-electron chi connectivity index (χ4n) is 3.21. The molecule has 4 heteroatoms. The van der Waals surface area contributed by atoms with Crippen LogP contribution in [0.5, 0.6) is 0 Å². The fourth-order valence-corrected chi connectivity index (χ4v) is 3.98. The second-order valence-corrected chi connectivity index (χ2v) is 7.11. The zero-order chi connectivity index (χ0) is 15.4. The van der Waals surface area contributed by atoms with E-state index in [-0.39, 0.29) is 0 Å². The molecular weight excluding hydrogens is 290 g/mol. The Hall–Kier alpha value is -1.39. The topological polar surface area (TPSA) is 19.4 Å². The van der Waals surface area contributed by atoms with Gasteiger partial charge in [-0.05, 0) is 45.4 Å². The van der Waals surface area contributed by atoms with Crippen LogP contribution in [-0.4, -0.2) is 42.6 Å². The smallest absolute Gasteiger partial charge is 0.0797 e. The highest BCUT2D eigenvalue weighted by molar-refractivity contribution is 7.09. The Morgan fingerprint density at radius 2 is 2.14 bits per heavy atom. The van der Waals surface area contributed by atoms with Crippen molar-refractivity contribution in [3.05, 3.63) is 46.4 Å². The highest BCUT2D eigenvalue weighted by Gasteiger charge is 2.23. The number of hydrogen-bond acceptors (Lipinski definition) is 4. The molecule has 0 unspecified atom stereocenters. The Balaban J connectivity index is 1.56. The van der Waals surface area contributed by atoms with Crippen LogP contribution in [-0.2, 0) is 6.42 Å². The van der Waals surface area contributed by atoms with Gasteiger partial charge in [-0.15, -0.1) is 11.3 Å². The summed E-state index contributed by atoms with van der Waals surface area (Å²) < 4.78 is 0. The standard InChI is InChI=1S/C18H25N3S/c1-15-18(22-14-19-15)10-12-20(2)17-9-6-11-21(13-17)16-7-4-3-5-8-16/h3-5,7-8,14,17H,6,9-13H2,1-2H3/t17-/m1/s1. The molecule has 0 aliphatic carbocycles. The van der Waals surface area contributed by atoms with Crippen LogP contribution in [0.4, 0.5) is 5.69 Å². The lowest BCUT2D eigenvalue weighted by Gasteiger charge is -2.39. The Labute approximate surface area is 137 Å². The molecule has 2 aromatic rings. The van der Waals surface area contributed by atoms with E-state index in [2.05, 4.69) is 59.1 Å². The number of likely N-dealkylation sites (N-methyl/N-ethyl adjacent to an activating group) is 1. The quantitative estimate of drug-likeness (QED) is 0.840. The van der Waals surface area contributed by atoms with Crippen LogP contribution in [0, 0.1) is 6.92 Å². The number of aryl methyl sites for hydroxylation is 1. The second kappa shape index (κ2) is 7.25. The number of anilines is 1. The first-order valence-electron chi connectivity index (χ1n) is 8.13. The predicted octanol–water partition coefficient (Wildman–Crippen LogP) is 3.59. The highest BCUT2D eigenvalue weighted by Crippen LogP contribution is 2.22. The summed E-state index contributed by atoms with van der Waals surface area (Å²) in [4.78, 5) is 10.8. The molecule has 1 aliphatic heterocycles. The third kappa shape index (κ3) is 3.68. The molecule has 0 saturated carbocycles. The molecule has 1 atom stereocenters. The monoisotopic (exact) mass is 315 g/mol. The van der Waals surface area contributed by atoms with E-state index in [9.17, 15) is 0 Å². The number of aromatic nitrogens is 1. The minimum absolute atomic E-state index is 0.655. The van der Waals surface area contributed by atoms with Gasteiger partial charge in [-0.3, -0.25) is 0 Å². The second-order valence-electron chi connectivity index (χ2n) is 6.17. The molecule has 0 amide bonds. The molecule has 1 saturated heterocycles. The van der Waals surface area contributed by atoms with E-state index >= 15 is 0 Å². The van der Waals surface area contributed by atoms with Crippen molar-refractivity contribution in [2.45, 2.75) is 32.2 Å². The molecule has 3 rings (SSSR count). The Morgan fingerprint density at radius 3 is 2.86 bits per heavy atom. The van der Waals surface area contributed by atoms with Crippen molar-refractivity contribution < 1.29 is 0 Å². The third-order valence-corrected chi connectivity index (χ3v) is 5.67. The zero-order valence-corrected chi connectivity index (χ0v) is 14.4. The van der Waals surface area contributed by atoms with E-state index in [0.717, 1.165) is 19.5 Å². The van der Waals surface area contributed by atoms with Gasteiger partial charge in [-0.1, -0.05) is 18.2 Å². The van der Waals surface area contributed by atoms with Crippen LogP contribution in [0.2, 0.25) is 0 Å².